The van der Waals surface area contributed by atoms with E-state index < -0.39 is 35.0 Å². The predicted molar refractivity (Wildman–Crippen MR) is 68.6 cm³/mol. The van der Waals surface area contributed by atoms with E-state index in [1.165, 1.54) is 14.2 Å². The van der Waals surface area contributed by atoms with Crippen LogP contribution in [0.5, 0.6) is 0 Å². The summed E-state index contributed by atoms with van der Waals surface area (Å²) in [5.74, 6) is -3.62. The Morgan fingerprint density at radius 2 is 1.79 bits per heavy atom. The number of rotatable bonds is 5. The number of Topliss-reactive ketones (excluding diaryl/α,β-unsaturated/α-hetero) is 1. The Hall–Kier alpha value is -1.36. The second-order valence-electron chi connectivity index (χ2n) is 4.69. The predicted octanol–water partition coefficient (Wildman–Crippen LogP) is 1.34. The van der Waals surface area contributed by atoms with Crippen molar-refractivity contribution in [3.63, 3.8) is 0 Å². The van der Waals surface area contributed by atoms with Gasteiger partial charge in [-0.15, -0.1) is 11.6 Å². The van der Waals surface area contributed by atoms with Crippen LogP contribution >= 0.6 is 11.6 Å². The molecular formula is C13H17ClO5. The SMILES string of the molecule is COC(=O)[C@@H]1[C@@H](C=C(C)C)[C@]1(C(=O)CCl)C(=O)OC. The molecule has 6 heteroatoms. The highest BCUT2D eigenvalue weighted by molar-refractivity contribution is 6.32. The Labute approximate surface area is 116 Å². The van der Waals surface area contributed by atoms with Crippen molar-refractivity contribution in [3.8, 4) is 0 Å². The zero-order valence-corrected chi connectivity index (χ0v) is 12.1. The highest BCUT2D eigenvalue weighted by Crippen LogP contribution is 2.62. The van der Waals surface area contributed by atoms with Crippen LogP contribution in [0.15, 0.2) is 11.6 Å². The fourth-order valence-electron chi connectivity index (χ4n) is 2.48. The van der Waals surface area contributed by atoms with E-state index in [0.29, 0.717) is 0 Å². The number of esters is 2. The van der Waals surface area contributed by atoms with Gasteiger partial charge in [-0.3, -0.25) is 14.4 Å². The summed E-state index contributed by atoms with van der Waals surface area (Å²) in [5, 5.41) is 0. The zero-order valence-electron chi connectivity index (χ0n) is 11.4. The molecule has 0 amide bonds. The van der Waals surface area contributed by atoms with E-state index in [-0.39, 0.29) is 5.88 Å². The van der Waals surface area contributed by atoms with Gasteiger partial charge in [0.25, 0.3) is 0 Å². The third kappa shape index (κ3) is 2.39. The van der Waals surface area contributed by atoms with Gasteiger partial charge in [-0.25, -0.2) is 0 Å². The van der Waals surface area contributed by atoms with E-state index in [1.54, 1.807) is 6.08 Å². The van der Waals surface area contributed by atoms with E-state index in [1.807, 2.05) is 13.8 Å². The number of ether oxygens (including phenoxy) is 2. The molecule has 0 heterocycles. The van der Waals surface area contributed by atoms with E-state index in [2.05, 4.69) is 9.47 Å². The summed E-state index contributed by atoms with van der Waals surface area (Å²) in [4.78, 5) is 35.8. The summed E-state index contributed by atoms with van der Waals surface area (Å²) in [6.45, 7) is 3.64. The monoisotopic (exact) mass is 288 g/mol. The molecule has 5 nitrogen and oxygen atoms in total. The molecule has 106 valence electrons. The first-order valence-corrected chi connectivity index (χ1v) is 6.31. The van der Waals surface area contributed by atoms with Crippen molar-refractivity contribution in [2.24, 2.45) is 17.3 Å². The number of halogens is 1. The molecule has 0 spiro atoms. The minimum absolute atomic E-state index is 0.351. The highest BCUT2D eigenvalue weighted by Gasteiger charge is 2.77. The summed E-state index contributed by atoms with van der Waals surface area (Å²) < 4.78 is 9.34. The number of allylic oxidation sites excluding steroid dienone is 2. The fraction of sp³-hybridized carbons (Fsp3) is 0.615. The van der Waals surface area contributed by atoms with Crippen LogP contribution in [0.25, 0.3) is 0 Å². The third-order valence-corrected chi connectivity index (χ3v) is 3.58. The van der Waals surface area contributed by atoms with Crippen molar-refractivity contribution >= 4 is 29.3 Å². The van der Waals surface area contributed by atoms with Gasteiger partial charge >= 0.3 is 11.9 Å². The van der Waals surface area contributed by atoms with Gasteiger partial charge < -0.3 is 9.47 Å². The number of alkyl halides is 1. The zero-order chi connectivity index (χ0) is 14.8. The second kappa shape index (κ2) is 5.74. The summed E-state index contributed by atoms with van der Waals surface area (Å²) in [6.07, 6.45) is 1.71. The molecule has 0 unspecified atom stereocenters. The van der Waals surface area contributed by atoms with Crippen LogP contribution in [0.1, 0.15) is 13.8 Å². The van der Waals surface area contributed by atoms with Crippen molar-refractivity contribution in [3.05, 3.63) is 11.6 Å². The molecule has 0 aromatic heterocycles. The van der Waals surface area contributed by atoms with Crippen LogP contribution in [-0.4, -0.2) is 37.8 Å². The van der Waals surface area contributed by atoms with E-state index in [9.17, 15) is 14.4 Å². The molecule has 0 saturated heterocycles. The molecule has 1 aliphatic carbocycles. The number of carbonyl (C=O) groups excluding carboxylic acids is 3. The minimum Gasteiger partial charge on any atom is -0.469 e. The quantitative estimate of drug-likeness (QED) is 0.330. The third-order valence-electron chi connectivity index (χ3n) is 3.34. The molecule has 0 aliphatic heterocycles. The Balaban J connectivity index is 3.28. The van der Waals surface area contributed by atoms with Crippen LogP contribution in [0.2, 0.25) is 0 Å². The molecule has 1 fully saturated rings. The molecule has 3 atom stereocenters. The number of ketones is 1. The molecule has 19 heavy (non-hydrogen) atoms. The largest absolute Gasteiger partial charge is 0.469 e. The first kappa shape index (κ1) is 15.7. The van der Waals surface area contributed by atoms with Crippen LogP contribution in [-0.2, 0) is 23.9 Å². The molecule has 0 bridgehead atoms. The average molecular weight is 289 g/mol. The molecular weight excluding hydrogens is 272 g/mol. The number of methoxy groups -OCH3 is 2. The maximum absolute atomic E-state index is 12.0. The minimum atomic E-state index is -1.53. The standard InChI is InChI=1S/C13H17ClO5/c1-7(2)5-8-10(11(16)18-3)13(8,9(15)6-14)12(17)19-4/h5,8,10H,6H2,1-4H3/t8-,10+,13-/m1/s1. The maximum atomic E-state index is 12.0. The van der Waals surface area contributed by atoms with Crippen molar-refractivity contribution in [2.45, 2.75) is 13.8 Å². The van der Waals surface area contributed by atoms with Crippen LogP contribution in [0.3, 0.4) is 0 Å². The summed E-state index contributed by atoms with van der Waals surface area (Å²) in [5.41, 5.74) is -0.632. The fourth-order valence-corrected chi connectivity index (χ4v) is 2.70. The Morgan fingerprint density at radius 3 is 2.16 bits per heavy atom. The van der Waals surface area contributed by atoms with Gasteiger partial charge in [0.05, 0.1) is 26.0 Å². The smallest absolute Gasteiger partial charge is 0.320 e. The Kier molecular flexibility index (Phi) is 4.74. The van der Waals surface area contributed by atoms with Gasteiger partial charge in [-0.2, -0.15) is 0 Å². The topological polar surface area (TPSA) is 69.7 Å². The van der Waals surface area contributed by atoms with Crippen molar-refractivity contribution < 1.29 is 23.9 Å². The molecule has 0 aromatic carbocycles. The summed E-state index contributed by atoms with van der Waals surface area (Å²) in [6, 6.07) is 0. The summed E-state index contributed by atoms with van der Waals surface area (Å²) in [7, 11) is 2.39. The highest BCUT2D eigenvalue weighted by atomic mass is 35.5. The molecule has 1 saturated carbocycles. The van der Waals surface area contributed by atoms with Crippen LogP contribution in [0, 0.1) is 17.3 Å². The van der Waals surface area contributed by atoms with Gasteiger partial charge in [0.15, 0.2) is 5.78 Å². The number of hydrogen-bond acceptors (Lipinski definition) is 5. The lowest BCUT2D eigenvalue weighted by atomic mass is 9.96. The number of carbonyl (C=O) groups is 3. The lowest BCUT2D eigenvalue weighted by Gasteiger charge is -2.12. The van der Waals surface area contributed by atoms with Crippen molar-refractivity contribution in [1.29, 1.82) is 0 Å². The van der Waals surface area contributed by atoms with Gasteiger partial charge in [0, 0.05) is 5.92 Å². The second-order valence-corrected chi connectivity index (χ2v) is 4.96. The first-order chi connectivity index (χ1) is 8.87. The maximum Gasteiger partial charge on any atom is 0.320 e. The van der Waals surface area contributed by atoms with Crippen LogP contribution < -0.4 is 0 Å². The molecule has 0 aromatic rings. The Bertz CT molecular complexity index is 420. The van der Waals surface area contributed by atoms with E-state index >= 15 is 0 Å². The van der Waals surface area contributed by atoms with Gasteiger partial charge in [-0.05, 0) is 13.8 Å². The van der Waals surface area contributed by atoms with E-state index in [0.717, 1.165) is 5.57 Å². The van der Waals surface area contributed by atoms with Gasteiger partial charge in [0.1, 0.15) is 5.41 Å². The molecule has 1 rings (SSSR count). The molecule has 1 aliphatic rings. The molecule has 0 N–H and O–H groups in total. The Morgan fingerprint density at radius 1 is 1.21 bits per heavy atom. The average Bonchev–Trinajstić information content (AvgIpc) is 3.04. The van der Waals surface area contributed by atoms with Gasteiger partial charge in [0.2, 0.25) is 0 Å². The normalized spacial score (nSPS) is 28.3. The number of hydrogen-bond donors (Lipinski definition) is 0. The van der Waals surface area contributed by atoms with Crippen LogP contribution in [0.4, 0.5) is 0 Å². The van der Waals surface area contributed by atoms with E-state index in [4.69, 9.17) is 11.6 Å². The van der Waals surface area contributed by atoms with Crippen molar-refractivity contribution in [1.82, 2.24) is 0 Å². The van der Waals surface area contributed by atoms with Crippen molar-refractivity contribution in [2.75, 3.05) is 20.1 Å². The molecule has 0 radical (unpaired) electrons. The summed E-state index contributed by atoms with van der Waals surface area (Å²) >= 11 is 5.56. The lowest BCUT2D eigenvalue weighted by molar-refractivity contribution is -0.156. The lowest BCUT2D eigenvalue weighted by Crippen LogP contribution is -2.33. The first-order valence-electron chi connectivity index (χ1n) is 5.78. The van der Waals surface area contributed by atoms with Gasteiger partial charge in [-0.1, -0.05) is 11.6 Å².